The van der Waals surface area contributed by atoms with Crippen molar-refractivity contribution in [3.63, 3.8) is 0 Å². The van der Waals surface area contributed by atoms with Gasteiger partial charge in [-0.3, -0.25) is 0 Å². The second-order valence-corrected chi connectivity index (χ2v) is 3.56. The van der Waals surface area contributed by atoms with Crippen LogP contribution in [0, 0.1) is 11.8 Å². The van der Waals surface area contributed by atoms with Crippen molar-refractivity contribution in [3.05, 3.63) is 12.3 Å². The summed E-state index contributed by atoms with van der Waals surface area (Å²) >= 11 is 0. The highest BCUT2D eigenvalue weighted by atomic mass is 15.1. The molecule has 0 amide bonds. The number of hydrogen-bond acceptors (Lipinski definition) is 1. The molecule has 0 aliphatic heterocycles. The van der Waals surface area contributed by atoms with Crippen LogP contribution in [0.5, 0.6) is 0 Å². The maximum atomic E-state index is 4.05. The summed E-state index contributed by atoms with van der Waals surface area (Å²) in [5.41, 5.74) is 1.24. The van der Waals surface area contributed by atoms with Crippen LogP contribution in [0.1, 0.15) is 27.2 Å². The van der Waals surface area contributed by atoms with Crippen LogP contribution in [0.15, 0.2) is 12.3 Å². The molecule has 1 heteroatoms. The molecule has 0 saturated heterocycles. The summed E-state index contributed by atoms with van der Waals surface area (Å²) < 4.78 is 0. The third kappa shape index (κ3) is 2.96. The molecule has 66 valence electrons. The second kappa shape index (κ2) is 4.42. The van der Waals surface area contributed by atoms with Crippen LogP contribution in [0.25, 0.3) is 0 Å². The van der Waals surface area contributed by atoms with Gasteiger partial charge in [-0.1, -0.05) is 33.8 Å². The first-order chi connectivity index (χ1) is 5.00. The molecule has 2 atom stereocenters. The van der Waals surface area contributed by atoms with Gasteiger partial charge in [-0.05, 0) is 11.8 Å². The van der Waals surface area contributed by atoms with Gasteiger partial charge in [-0.15, -0.1) is 0 Å². The van der Waals surface area contributed by atoms with Crippen molar-refractivity contribution in [2.24, 2.45) is 11.8 Å². The van der Waals surface area contributed by atoms with Crippen molar-refractivity contribution in [2.75, 3.05) is 14.1 Å². The number of nitrogens with zero attached hydrogens (tertiary/aromatic N) is 1. The Morgan fingerprint density at radius 3 is 2.09 bits per heavy atom. The van der Waals surface area contributed by atoms with E-state index in [-0.39, 0.29) is 0 Å². The Morgan fingerprint density at radius 1 is 1.36 bits per heavy atom. The van der Waals surface area contributed by atoms with Crippen molar-refractivity contribution in [1.29, 1.82) is 0 Å². The van der Waals surface area contributed by atoms with Crippen molar-refractivity contribution in [3.8, 4) is 0 Å². The van der Waals surface area contributed by atoms with E-state index in [1.54, 1.807) is 0 Å². The van der Waals surface area contributed by atoms with Gasteiger partial charge in [0, 0.05) is 19.8 Å². The quantitative estimate of drug-likeness (QED) is 0.603. The predicted octanol–water partition coefficient (Wildman–Crippen LogP) is 2.74. The predicted molar refractivity (Wildman–Crippen MR) is 51.4 cm³/mol. The summed E-state index contributed by atoms with van der Waals surface area (Å²) in [5.74, 6) is 1.35. The summed E-state index contributed by atoms with van der Waals surface area (Å²) in [4.78, 5) is 2.11. The first-order valence-electron chi connectivity index (χ1n) is 4.36. The molecule has 0 fully saturated rings. The molecule has 0 aromatic heterocycles. The fourth-order valence-corrected chi connectivity index (χ4v) is 1.09. The van der Waals surface area contributed by atoms with Crippen LogP contribution in [-0.2, 0) is 0 Å². The molecule has 0 rings (SSSR count). The lowest BCUT2D eigenvalue weighted by Gasteiger charge is -2.26. The van der Waals surface area contributed by atoms with Crippen molar-refractivity contribution >= 4 is 0 Å². The second-order valence-electron chi connectivity index (χ2n) is 3.56. The monoisotopic (exact) mass is 155 g/mol. The molecule has 2 unspecified atom stereocenters. The van der Waals surface area contributed by atoms with E-state index in [1.807, 2.05) is 0 Å². The Labute approximate surface area is 71.1 Å². The lowest BCUT2D eigenvalue weighted by atomic mass is 9.91. The molecule has 1 nitrogen and oxygen atoms in total. The standard InChI is InChI=1S/C10H21N/c1-7-8(2)9(3)10(4)11(5)6/h8-9H,4,7H2,1-3,5-6H3. The normalized spacial score (nSPS) is 15.7. The molecule has 11 heavy (non-hydrogen) atoms. The lowest BCUT2D eigenvalue weighted by Crippen LogP contribution is -2.20. The fraction of sp³-hybridized carbons (Fsp3) is 0.800. The molecule has 0 radical (unpaired) electrons. The van der Waals surface area contributed by atoms with Gasteiger partial charge < -0.3 is 4.90 Å². The summed E-state index contributed by atoms with van der Waals surface area (Å²) in [6.45, 7) is 10.8. The van der Waals surface area contributed by atoms with Crippen LogP contribution >= 0.6 is 0 Å². The number of allylic oxidation sites excluding steroid dienone is 1. The highest BCUT2D eigenvalue weighted by molar-refractivity contribution is 4.97. The first kappa shape index (κ1) is 10.5. The minimum absolute atomic E-state index is 0.606. The lowest BCUT2D eigenvalue weighted by molar-refractivity contribution is 0.344. The molecule has 0 spiro atoms. The van der Waals surface area contributed by atoms with Gasteiger partial charge in [-0.2, -0.15) is 0 Å². The fourth-order valence-electron chi connectivity index (χ4n) is 1.09. The Morgan fingerprint density at radius 2 is 1.82 bits per heavy atom. The Hall–Kier alpha value is -0.460. The topological polar surface area (TPSA) is 3.24 Å². The summed E-state index contributed by atoms with van der Waals surface area (Å²) in [5, 5.41) is 0. The summed E-state index contributed by atoms with van der Waals surface area (Å²) in [6, 6.07) is 0. The molecule has 0 aliphatic rings. The van der Waals surface area contributed by atoms with Crippen molar-refractivity contribution in [2.45, 2.75) is 27.2 Å². The zero-order valence-electron chi connectivity index (χ0n) is 8.52. The molecule has 0 aromatic carbocycles. The maximum Gasteiger partial charge on any atom is 0.00859 e. The van der Waals surface area contributed by atoms with E-state index in [4.69, 9.17) is 0 Å². The van der Waals surface area contributed by atoms with Gasteiger partial charge in [0.05, 0.1) is 0 Å². The minimum atomic E-state index is 0.606. The average molecular weight is 155 g/mol. The largest absolute Gasteiger partial charge is 0.381 e. The molecule has 0 N–H and O–H groups in total. The maximum absolute atomic E-state index is 4.05. The average Bonchev–Trinajstić information content (AvgIpc) is 2.00. The highest BCUT2D eigenvalue weighted by Crippen LogP contribution is 2.22. The van der Waals surface area contributed by atoms with E-state index >= 15 is 0 Å². The molecule has 0 bridgehead atoms. The third-order valence-electron chi connectivity index (χ3n) is 2.60. The van der Waals surface area contributed by atoms with Crippen LogP contribution in [0.2, 0.25) is 0 Å². The van der Waals surface area contributed by atoms with E-state index < -0.39 is 0 Å². The molecular weight excluding hydrogens is 134 g/mol. The van der Waals surface area contributed by atoms with Crippen molar-refractivity contribution < 1.29 is 0 Å². The van der Waals surface area contributed by atoms with Crippen LogP contribution < -0.4 is 0 Å². The van der Waals surface area contributed by atoms with E-state index in [0.29, 0.717) is 5.92 Å². The zero-order chi connectivity index (χ0) is 9.02. The van der Waals surface area contributed by atoms with Gasteiger partial charge in [0.2, 0.25) is 0 Å². The van der Waals surface area contributed by atoms with E-state index in [2.05, 4.69) is 46.3 Å². The Bertz CT molecular complexity index is 127. The molecule has 0 saturated carbocycles. The summed E-state index contributed by atoms with van der Waals surface area (Å²) in [6.07, 6.45) is 1.23. The van der Waals surface area contributed by atoms with Crippen LogP contribution in [0.3, 0.4) is 0 Å². The van der Waals surface area contributed by atoms with Gasteiger partial charge in [0.25, 0.3) is 0 Å². The smallest absolute Gasteiger partial charge is 0.00859 e. The molecule has 0 aliphatic carbocycles. The van der Waals surface area contributed by atoms with E-state index in [0.717, 1.165) is 5.92 Å². The Balaban J connectivity index is 4.02. The van der Waals surface area contributed by atoms with Crippen LogP contribution in [0.4, 0.5) is 0 Å². The van der Waals surface area contributed by atoms with Gasteiger partial charge in [0.1, 0.15) is 0 Å². The SMILES string of the molecule is C=C(C(C)C(C)CC)N(C)C. The first-order valence-corrected chi connectivity index (χ1v) is 4.36. The van der Waals surface area contributed by atoms with Gasteiger partial charge in [-0.25, -0.2) is 0 Å². The van der Waals surface area contributed by atoms with E-state index in [9.17, 15) is 0 Å². The zero-order valence-corrected chi connectivity index (χ0v) is 8.52. The summed E-state index contributed by atoms with van der Waals surface area (Å²) in [7, 11) is 4.11. The number of hydrogen-bond donors (Lipinski definition) is 0. The van der Waals surface area contributed by atoms with E-state index in [1.165, 1.54) is 12.1 Å². The Kier molecular flexibility index (Phi) is 4.24. The third-order valence-corrected chi connectivity index (χ3v) is 2.60. The molecule has 0 aromatic rings. The molecular formula is C10H21N. The van der Waals surface area contributed by atoms with Crippen LogP contribution in [-0.4, -0.2) is 19.0 Å². The van der Waals surface area contributed by atoms with Gasteiger partial charge in [0.15, 0.2) is 0 Å². The molecule has 0 heterocycles. The highest BCUT2D eigenvalue weighted by Gasteiger charge is 2.14. The number of rotatable bonds is 4. The van der Waals surface area contributed by atoms with Crippen molar-refractivity contribution in [1.82, 2.24) is 4.90 Å². The minimum Gasteiger partial charge on any atom is -0.381 e. The van der Waals surface area contributed by atoms with Gasteiger partial charge >= 0.3 is 0 Å².